The molecule has 0 unspecified atom stereocenters. The summed E-state index contributed by atoms with van der Waals surface area (Å²) in [6, 6.07) is 0. The van der Waals surface area contributed by atoms with Gasteiger partial charge in [-0.2, -0.15) is 30.6 Å². The minimum absolute atomic E-state index is 0.0890. The summed E-state index contributed by atoms with van der Waals surface area (Å²) in [4.78, 5) is 11.2. The maximum absolute atomic E-state index is 12.0. The van der Waals surface area contributed by atoms with Gasteiger partial charge in [-0.05, 0) is 19.3 Å². The highest BCUT2D eigenvalue weighted by Crippen LogP contribution is 2.35. The molecule has 0 amide bonds. The zero-order valence-corrected chi connectivity index (χ0v) is 11.7. The van der Waals surface area contributed by atoms with Crippen LogP contribution in [0, 0.1) is 5.41 Å². The number of rotatable bonds is 5. The predicted molar refractivity (Wildman–Crippen MR) is 64.1 cm³/mol. The van der Waals surface area contributed by atoms with Crippen molar-refractivity contribution >= 4 is 16.2 Å². The Bertz CT molecular complexity index is 456. The molecule has 6 nitrogen and oxygen atoms in total. The van der Waals surface area contributed by atoms with Crippen molar-refractivity contribution in [3.05, 3.63) is 0 Å². The van der Waals surface area contributed by atoms with Crippen LogP contribution in [0.1, 0.15) is 26.2 Å². The second-order valence-corrected chi connectivity index (χ2v) is 6.53. The monoisotopic (exact) mass is 318 g/mol. The third kappa shape index (κ3) is 4.06. The highest BCUT2D eigenvalue weighted by Gasteiger charge is 2.42. The molecule has 0 bridgehead atoms. The van der Waals surface area contributed by atoms with E-state index in [1.807, 2.05) is 0 Å². The molecule has 0 spiro atoms. The molecule has 0 atom stereocenters. The summed E-state index contributed by atoms with van der Waals surface area (Å²) in [6.07, 6.45) is -4.10. The summed E-state index contributed by atoms with van der Waals surface area (Å²) in [6.45, 7) is -0.148. The summed E-state index contributed by atoms with van der Waals surface area (Å²) in [5.41, 5.74) is -0.990. The molecule has 1 saturated heterocycles. The summed E-state index contributed by atoms with van der Waals surface area (Å²) >= 11 is 0. The Morgan fingerprint density at radius 2 is 1.85 bits per heavy atom. The molecule has 1 heterocycles. The first-order valence-electron chi connectivity index (χ1n) is 6.07. The Kier molecular flexibility index (Phi) is 5.03. The Morgan fingerprint density at radius 3 is 2.20 bits per heavy atom. The number of aliphatic carboxylic acids is 1. The van der Waals surface area contributed by atoms with Crippen molar-refractivity contribution in [3.8, 4) is 0 Å². The lowest BCUT2D eigenvalue weighted by molar-refractivity contribution is -0.151. The first-order valence-corrected chi connectivity index (χ1v) is 7.51. The minimum Gasteiger partial charge on any atom is -0.481 e. The molecular weight excluding hydrogens is 301 g/mol. The van der Waals surface area contributed by atoms with Crippen molar-refractivity contribution in [2.45, 2.75) is 32.4 Å². The smallest absolute Gasteiger partial charge is 0.402 e. The van der Waals surface area contributed by atoms with E-state index in [2.05, 4.69) is 0 Å². The normalized spacial score (nSPS) is 20.8. The number of alkyl halides is 3. The quantitative estimate of drug-likeness (QED) is 0.790. The van der Waals surface area contributed by atoms with Crippen LogP contribution in [-0.4, -0.2) is 49.6 Å². The van der Waals surface area contributed by atoms with E-state index in [0.717, 1.165) is 4.31 Å². The van der Waals surface area contributed by atoms with E-state index in [1.54, 1.807) is 6.92 Å². The van der Waals surface area contributed by atoms with Crippen molar-refractivity contribution in [1.29, 1.82) is 0 Å². The van der Waals surface area contributed by atoms with Gasteiger partial charge in [-0.1, -0.05) is 6.92 Å². The molecule has 118 valence electrons. The summed E-state index contributed by atoms with van der Waals surface area (Å²) in [7, 11) is -4.23. The molecule has 1 rings (SSSR count). The number of carboxylic acid groups (broad SMARTS) is 1. The summed E-state index contributed by atoms with van der Waals surface area (Å²) in [5, 5.41) is 9.16. The van der Waals surface area contributed by atoms with Crippen molar-refractivity contribution in [2.75, 3.05) is 19.6 Å². The fourth-order valence-electron chi connectivity index (χ4n) is 2.14. The van der Waals surface area contributed by atoms with Gasteiger partial charge >= 0.3 is 12.1 Å². The molecule has 0 saturated carbocycles. The SMILES string of the molecule is CCC1(C(=O)O)CCN(S(=O)(=O)NCC(F)(F)F)CC1. The number of nitrogens with zero attached hydrogens (tertiary/aromatic N) is 1. The number of hydrogen-bond acceptors (Lipinski definition) is 3. The molecule has 0 aromatic rings. The third-order valence-corrected chi connectivity index (χ3v) is 5.16. The van der Waals surface area contributed by atoms with Gasteiger partial charge in [-0.3, -0.25) is 4.79 Å². The van der Waals surface area contributed by atoms with Gasteiger partial charge in [0.15, 0.2) is 0 Å². The van der Waals surface area contributed by atoms with Crippen LogP contribution >= 0.6 is 0 Å². The van der Waals surface area contributed by atoms with Crippen molar-refractivity contribution in [3.63, 3.8) is 0 Å². The molecular formula is C10H17F3N2O4S. The van der Waals surface area contributed by atoms with Crippen LogP contribution in [0.15, 0.2) is 0 Å². The van der Waals surface area contributed by atoms with Gasteiger partial charge in [-0.15, -0.1) is 0 Å². The van der Waals surface area contributed by atoms with Gasteiger partial charge in [0.05, 0.1) is 5.41 Å². The number of piperidine rings is 1. The van der Waals surface area contributed by atoms with Crippen molar-refractivity contribution in [2.24, 2.45) is 5.41 Å². The molecule has 2 N–H and O–H groups in total. The molecule has 0 aromatic carbocycles. The first-order chi connectivity index (χ1) is 9.02. The average Bonchev–Trinajstić information content (AvgIpc) is 2.35. The predicted octanol–water partition coefficient (Wildman–Crippen LogP) is 0.960. The highest BCUT2D eigenvalue weighted by molar-refractivity contribution is 7.87. The molecule has 0 aromatic heterocycles. The lowest BCUT2D eigenvalue weighted by Gasteiger charge is -2.37. The van der Waals surface area contributed by atoms with E-state index in [4.69, 9.17) is 5.11 Å². The largest absolute Gasteiger partial charge is 0.481 e. The van der Waals surface area contributed by atoms with E-state index in [1.165, 1.54) is 4.72 Å². The fraction of sp³-hybridized carbons (Fsp3) is 0.900. The van der Waals surface area contributed by atoms with Crippen molar-refractivity contribution < 1.29 is 31.5 Å². The van der Waals surface area contributed by atoms with Crippen LogP contribution in [0.2, 0.25) is 0 Å². The van der Waals surface area contributed by atoms with Gasteiger partial charge in [0.25, 0.3) is 10.2 Å². The molecule has 0 radical (unpaired) electrons. The Hall–Kier alpha value is -0.870. The van der Waals surface area contributed by atoms with Gasteiger partial charge in [0.1, 0.15) is 6.54 Å². The molecule has 1 fully saturated rings. The number of nitrogens with one attached hydrogen (secondary N) is 1. The maximum atomic E-state index is 12.0. The molecule has 0 aliphatic carbocycles. The van der Waals surface area contributed by atoms with Crippen molar-refractivity contribution in [1.82, 2.24) is 9.03 Å². The number of halogens is 3. The third-order valence-electron chi connectivity index (χ3n) is 3.60. The number of carboxylic acids is 1. The van der Waals surface area contributed by atoms with Crippen LogP contribution < -0.4 is 4.72 Å². The maximum Gasteiger partial charge on any atom is 0.402 e. The van der Waals surface area contributed by atoms with Crippen LogP contribution in [0.5, 0.6) is 0 Å². The Morgan fingerprint density at radius 1 is 1.35 bits per heavy atom. The topological polar surface area (TPSA) is 86.7 Å². The molecule has 1 aliphatic rings. The molecule has 10 heteroatoms. The zero-order valence-electron chi connectivity index (χ0n) is 10.9. The van der Waals surface area contributed by atoms with Crippen LogP contribution in [0.4, 0.5) is 13.2 Å². The minimum atomic E-state index is -4.63. The highest BCUT2D eigenvalue weighted by atomic mass is 32.2. The zero-order chi connectivity index (χ0) is 15.6. The lowest BCUT2D eigenvalue weighted by Crippen LogP contribution is -2.51. The van der Waals surface area contributed by atoms with Crippen LogP contribution in [-0.2, 0) is 15.0 Å². The van der Waals surface area contributed by atoms with Gasteiger partial charge < -0.3 is 5.11 Å². The summed E-state index contributed by atoms with van der Waals surface area (Å²) in [5.74, 6) is -1.000. The van der Waals surface area contributed by atoms with Gasteiger partial charge in [0, 0.05) is 13.1 Å². The standard InChI is InChI=1S/C10H17F3N2O4S/c1-2-9(8(16)17)3-5-15(6-4-9)20(18,19)14-7-10(11,12)13/h14H,2-7H2,1H3,(H,16,17). The van der Waals surface area contributed by atoms with E-state index in [-0.39, 0.29) is 25.9 Å². The van der Waals surface area contributed by atoms with E-state index >= 15 is 0 Å². The van der Waals surface area contributed by atoms with E-state index in [9.17, 15) is 26.4 Å². The molecule has 1 aliphatic heterocycles. The van der Waals surface area contributed by atoms with Crippen LogP contribution in [0.25, 0.3) is 0 Å². The first kappa shape index (κ1) is 17.2. The van der Waals surface area contributed by atoms with E-state index < -0.39 is 34.3 Å². The lowest BCUT2D eigenvalue weighted by atomic mass is 9.77. The number of carbonyl (C=O) groups is 1. The molecule has 20 heavy (non-hydrogen) atoms. The van der Waals surface area contributed by atoms with Gasteiger partial charge in [0.2, 0.25) is 0 Å². The number of hydrogen-bond donors (Lipinski definition) is 2. The van der Waals surface area contributed by atoms with Crippen LogP contribution in [0.3, 0.4) is 0 Å². The van der Waals surface area contributed by atoms with E-state index in [0.29, 0.717) is 6.42 Å². The fourth-order valence-corrected chi connectivity index (χ4v) is 3.33. The Labute approximate surface area is 115 Å². The van der Waals surface area contributed by atoms with Gasteiger partial charge in [-0.25, -0.2) is 0 Å². The Balaban J connectivity index is 2.67. The average molecular weight is 318 g/mol. The second-order valence-electron chi connectivity index (χ2n) is 4.78. The second kappa shape index (κ2) is 5.86. The summed E-state index contributed by atoms with van der Waals surface area (Å²) < 4.78 is 61.7.